The molecule has 0 radical (unpaired) electrons. The fourth-order valence-electron chi connectivity index (χ4n) is 2.38. The molecule has 0 spiro atoms. The van der Waals surface area contributed by atoms with Crippen molar-refractivity contribution in [1.82, 2.24) is 4.72 Å². The van der Waals surface area contributed by atoms with Crippen LogP contribution in [0.25, 0.3) is 0 Å². The molecule has 0 atom stereocenters. The third-order valence-corrected chi connectivity index (χ3v) is 5.14. The van der Waals surface area contributed by atoms with Gasteiger partial charge in [0.2, 0.25) is 0 Å². The van der Waals surface area contributed by atoms with Gasteiger partial charge in [0, 0.05) is 6.07 Å². The molecule has 28 heavy (non-hydrogen) atoms. The van der Waals surface area contributed by atoms with Crippen molar-refractivity contribution in [1.29, 1.82) is 0 Å². The Morgan fingerprint density at radius 1 is 0.893 bits per heavy atom. The van der Waals surface area contributed by atoms with Crippen molar-refractivity contribution in [2.75, 3.05) is 0 Å². The zero-order valence-corrected chi connectivity index (χ0v) is 16.0. The molecule has 0 unspecified atom stereocenters. The van der Waals surface area contributed by atoms with Crippen LogP contribution in [0.2, 0.25) is 0 Å². The lowest BCUT2D eigenvalue weighted by atomic mass is 10.2. The first-order valence-electron chi connectivity index (χ1n) is 8.50. The molecular formula is C21H19NO5S. The van der Waals surface area contributed by atoms with Crippen LogP contribution < -0.4 is 14.2 Å². The van der Waals surface area contributed by atoms with Gasteiger partial charge in [0.15, 0.2) is 0 Å². The average molecular weight is 397 g/mol. The van der Waals surface area contributed by atoms with E-state index in [0.717, 1.165) is 11.1 Å². The molecule has 3 rings (SSSR count). The predicted octanol–water partition coefficient (Wildman–Crippen LogP) is 4.05. The van der Waals surface area contributed by atoms with E-state index in [-0.39, 0.29) is 10.6 Å². The number of amides is 1. The smallest absolute Gasteiger partial charge is 0.426 e. The minimum atomic E-state index is -4.01. The Balaban J connectivity index is 1.61. The van der Waals surface area contributed by atoms with E-state index in [1.165, 1.54) is 24.3 Å². The van der Waals surface area contributed by atoms with Crippen molar-refractivity contribution in [2.24, 2.45) is 0 Å². The molecule has 3 aromatic carbocycles. The predicted molar refractivity (Wildman–Crippen MR) is 105 cm³/mol. The number of nitrogens with one attached hydrogen (secondary N) is 1. The van der Waals surface area contributed by atoms with Gasteiger partial charge < -0.3 is 9.47 Å². The van der Waals surface area contributed by atoms with E-state index in [2.05, 4.69) is 0 Å². The van der Waals surface area contributed by atoms with E-state index in [0.29, 0.717) is 12.4 Å². The summed E-state index contributed by atoms with van der Waals surface area (Å²) in [6, 6.07) is 22.2. The van der Waals surface area contributed by atoms with Crippen molar-refractivity contribution in [2.45, 2.75) is 18.4 Å². The summed E-state index contributed by atoms with van der Waals surface area (Å²) < 4.78 is 37.1. The molecule has 1 amide bonds. The van der Waals surface area contributed by atoms with Gasteiger partial charge in [-0.05, 0) is 36.8 Å². The highest BCUT2D eigenvalue weighted by Gasteiger charge is 2.19. The molecular weight excluding hydrogens is 378 g/mol. The molecule has 0 saturated heterocycles. The van der Waals surface area contributed by atoms with Crippen molar-refractivity contribution >= 4 is 16.1 Å². The minimum Gasteiger partial charge on any atom is -0.489 e. The summed E-state index contributed by atoms with van der Waals surface area (Å²) in [5.74, 6) is 0.665. The van der Waals surface area contributed by atoms with Gasteiger partial charge in [0.05, 0.1) is 4.90 Å². The number of carbonyl (C=O) groups is 1. The Kier molecular flexibility index (Phi) is 5.96. The van der Waals surface area contributed by atoms with Crippen LogP contribution in [0, 0.1) is 6.92 Å². The maximum atomic E-state index is 12.2. The highest BCUT2D eigenvalue weighted by molar-refractivity contribution is 7.90. The van der Waals surface area contributed by atoms with Crippen molar-refractivity contribution in [3.63, 3.8) is 0 Å². The number of sulfonamides is 1. The van der Waals surface area contributed by atoms with Gasteiger partial charge in [-0.15, -0.1) is 0 Å². The molecule has 0 aliphatic rings. The standard InChI is InChI=1S/C21H19NO5S/c1-16-10-12-20(13-11-16)28(24,25)22-21(23)27-19-9-5-8-18(14-19)26-15-17-6-3-2-4-7-17/h2-14H,15H2,1H3,(H,22,23). The van der Waals surface area contributed by atoms with E-state index < -0.39 is 16.1 Å². The number of carbonyl (C=O) groups excluding carboxylic acids is 1. The maximum Gasteiger partial charge on any atom is 0.426 e. The topological polar surface area (TPSA) is 81.7 Å². The normalized spacial score (nSPS) is 10.9. The first-order valence-corrected chi connectivity index (χ1v) is 9.99. The van der Waals surface area contributed by atoms with E-state index in [4.69, 9.17) is 9.47 Å². The SMILES string of the molecule is Cc1ccc(S(=O)(=O)NC(=O)Oc2cccc(OCc3ccccc3)c2)cc1. The molecule has 0 heterocycles. The van der Waals surface area contributed by atoms with Crippen molar-refractivity contribution < 1.29 is 22.7 Å². The number of ether oxygens (including phenoxy) is 2. The van der Waals surface area contributed by atoms with Crippen LogP contribution in [0.1, 0.15) is 11.1 Å². The summed E-state index contributed by atoms with van der Waals surface area (Å²) in [5.41, 5.74) is 1.91. The Bertz CT molecular complexity index is 1050. The number of benzene rings is 3. The summed E-state index contributed by atoms with van der Waals surface area (Å²) in [4.78, 5) is 12.0. The summed E-state index contributed by atoms with van der Waals surface area (Å²) in [7, 11) is -4.01. The second kappa shape index (κ2) is 8.58. The Morgan fingerprint density at radius 3 is 2.29 bits per heavy atom. The molecule has 0 fully saturated rings. The van der Waals surface area contributed by atoms with E-state index in [1.54, 1.807) is 24.3 Å². The molecule has 0 aliphatic carbocycles. The summed E-state index contributed by atoms with van der Waals surface area (Å²) >= 11 is 0. The quantitative estimate of drug-likeness (QED) is 0.679. The second-order valence-electron chi connectivity index (χ2n) is 6.06. The third-order valence-electron chi connectivity index (χ3n) is 3.81. The van der Waals surface area contributed by atoms with Gasteiger partial charge in [0.1, 0.15) is 18.1 Å². The zero-order valence-electron chi connectivity index (χ0n) is 15.2. The van der Waals surface area contributed by atoms with Crippen LogP contribution in [-0.2, 0) is 16.6 Å². The zero-order chi connectivity index (χ0) is 20.0. The number of hydrogen-bond acceptors (Lipinski definition) is 5. The lowest BCUT2D eigenvalue weighted by Crippen LogP contribution is -2.33. The minimum absolute atomic E-state index is 0.0185. The molecule has 0 aliphatic heterocycles. The van der Waals surface area contributed by atoms with Crippen LogP contribution in [0.5, 0.6) is 11.5 Å². The first-order chi connectivity index (χ1) is 13.4. The van der Waals surface area contributed by atoms with Crippen LogP contribution >= 0.6 is 0 Å². The van der Waals surface area contributed by atoms with E-state index >= 15 is 0 Å². The molecule has 7 heteroatoms. The van der Waals surface area contributed by atoms with Crippen molar-refractivity contribution in [3.8, 4) is 11.5 Å². The van der Waals surface area contributed by atoms with Gasteiger partial charge in [-0.1, -0.05) is 54.1 Å². The fourth-order valence-corrected chi connectivity index (χ4v) is 3.26. The van der Waals surface area contributed by atoms with Gasteiger partial charge in [0.25, 0.3) is 10.0 Å². The number of aryl methyl sites for hydroxylation is 1. The average Bonchev–Trinajstić information content (AvgIpc) is 2.67. The summed E-state index contributed by atoms with van der Waals surface area (Å²) in [6.07, 6.45) is -1.10. The second-order valence-corrected chi connectivity index (χ2v) is 7.74. The van der Waals surface area contributed by atoms with E-state index in [9.17, 15) is 13.2 Å². The lowest BCUT2D eigenvalue weighted by Gasteiger charge is -2.10. The molecule has 0 saturated carbocycles. The first kappa shape index (κ1) is 19.4. The molecule has 144 valence electrons. The maximum absolute atomic E-state index is 12.2. The summed E-state index contributed by atoms with van der Waals surface area (Å²) in [5, 5.41) is 0. The Morgan fingerprint density at radius 2 is 1.57 bits per heavy atom. The molecule has 0 bridgehead atoms. The van der Waals surface area contributed by atoms with Gasteiger partial charge >= 0.3 is 6.09 Å². The highest BCUT2D eigenvalue weighted by Crippen LogP contribution is 2.21. The lowest BCUT2D eigenvalue weighted by molar-refractivity contribution is 0.206. The van der Waals surface area contributed by atoms with Gasteiger partial charge in [-0.3, -0.25) is 0 Å². The molecule has 0 aromatic heterocycles. The Hall–Kier alpha value is -3.32. The monoisotopic (exact) mass is 397 g/mol. The molecule has 1 N–H and O–H groups in total. The highest BCUT2D eigenvalue weighted by atomic mass is 32.2. The van der Waals surface area contributed by atoms with Crippen molar-refractivity contribution in [3.05, 3.63) is 90.0 Å². The fraction of sp³-hybridized carbons (Fsp3) is 0.0952. The van der Waals surface area contributed by atoms with Crippen LogP contribution in [0.15, 0.2) is 83.8 Å². The number of rotatable bonds is 6. The van der Waals surface area contributed by atoms with E-state index in [1.807, 2.05) is 42.0 Å². The molecule has 3 aromatic rings. The van der Waals surface area contributed by atoms with Gasteiger partial charge in [-0.25, -0.2) is 17.9 Å². The summed E-state index contributed by atoms with van der Waals surface area (Å²) in [6.45, 7) is 2.20. The molecule has 6 nitrogen and oxygen atoms in total. The van der Waals surface area contributed by atoms with Crippen LogP contribution in [-0.4, -0.2) is 14.5 Å². The van der Waals surface area contributed by atoms with Crippen LogP contribution in [0.3, 0.4) is 0 Å². The third kappa shape index (κ3) is 5.34. The van der Waals surface area contributed by atoms with Crippen LogP contribution in [0.4, 0.5) is 4.79 Å². The number of hydrogen-bond donors (Lipinski definition) is 1. The largest absolute Gasteiger partial charge is 0.489 e. The van der Waals surface area contributed by atoms with Gasteiger partial charge in [-0.2, -0.15) is 0 Å². The Labute approximate surface area is 163 Å².